The first-order valence-electron chi connectivity index (χ1n) is 6.16. The standard InChI is InChI=1S/C14H22N2O2/c1-9-5-10(2)7-13(6-9)18-12(4)14(17)16-8-11(3)15/h5-7,11-12H,8,15H2,1-4H3,(H,16,17). The van der Waals surface area contributed by atoms with Gasteiger partial charge in [-0.25, -0.2) is 0 Å². The van der Waals surface area contributed by atoms with Crippen LogP contribution in [0.5, 0.6) is 5.75 Å². The number of benzene rings is 1. The molecule has 1 aromatic carbocycles. The van der Waals surface area contributed by atoms with Gasteiger partial charge >= 0.3 is 0 Å². The van der Waals surface area contributed by atoms with Gasteiger partial charge in [0.25, 0.3) is 5.91 Å². The number of carbonyl (C=O) groups is 1. The van der Waals surface area contributed by atoms with Crippen molar-refractivity contribution in [3.8, 4) is 5.75 Å². The summed E-state index contributed by atoms with van der Waals surface area (Å²) >= 11 is 0. The fourth-order valence-corrected chi connectivity index (χ4v) is 1.66. The minimum absolute atomic E-state index is 0.0534. The first-order chi connectivity index (χ1) is 8.38. The van der Waals surface area contributed by atoms with Crippen molar-refractivity contribution >= 4 is 5.91 Å². The highest BCUT2D eigenvalue weighted by molar-refractivity contribution is 5.80. The molecule has 1 rings (SSSR count). The zero-order valence-electron chi connectivity index (χ0n) is 11.5. The van der Waals surface area contributed by atoms with Crippen LogP contribution in [0.3, 0.4) is 0 Å². The Morgan fingerprint density at radius 3 is 2.33 bits per heavy atom. The lowest BCUT2D eigenvalue weighted by Gasteiger charge is -2.16. The predicted octanol–water partition coefficient (Wildman–Crippen LogP) is 1.53. The van der Waals surface area contributed by atoms with Gasteiger partial charge in [-0.15, -0.1) is 0 Å². The zero-order chi connectivity index (χ0) is 13.7. The van der Waals surface area contributed by atoms with E-state index in [2.05, 4.69) is 11.4 Å². The second-order valence-electron chi connectivity index (χ2n) is 4.81. The Morgan fingerprint density at radius 2 is 1.83 bits per heavy atom. The molecular weight excluding hydrogens is 228 g/mol. The fourth-order valence-electron chi connectivity index (χ4n) is 1.66. The molecule has 4 nitrogen and oxygen atoms in total. The first-order valence-corrected chi connectivity index (χ1v) is 6.16. The second kappa shape index (κ2) is 6.40. The van der Waals surface area contributed by atoms with E-state index in [-0.39, 0.29) is 11.9 Å². The van der Waals surface area contributed by atoms with Crippen molar-refractivity contribution in [1.82, 2.24) is 5.32 Å². The molecule has 100 valence electrons. The summed E-state index contributed by atoms with van der Waals surface area (Å²) in [5, 5.41) is 2.74. The molecule has 0 radical (unpaired) electrons. The normalized spacial score (nSPS) is 13.8. The SMILES string of the molecule is Cc1cc(C)cc(OC(C)C(=O)NCC(C)N)c1. The average Bonchev–Trinajstić information content (AvgIpc) is 2.24. The van der Waals surface area contributed by atoms with Gasteiger partial charge < -0.3 is 15.8 Å². The molecule has 18 heavy (non-hydrogen) atoms. The largest absolute Gasteiger partial charge is 0.481 e. The lowest BCUT2D eigenvalue weighted by Crippen LogP contribution is -2.41. The Morgan fingerprint density at radius 1 is 1.28 bits per heavy atom. The third-order valence-corrected chi connectivity index (χ3v) is 2.48. The number of ether oxygens (including phenoxy) is 1. The Hall–Kier alpha value is -1.55. The van der Waals surface area contributed by atoms with Crippen LogP contribution in [0.1, 0.15) is 25.0 Å². The number of nitrogens with two attached hydrogens (primary N) is 1. The number of hydrogen-bond acceptors (Lipinski definition) is 3. The molecule has 2 unspecified atom stereocenters. The van der Waals surface area contributed by atoms with Gasteiger partial charge in [-0.05, 0) is 51.0 Å². The van der Waals surface area contributed by atoms with Crippen LogP contribution in [0.4, 0.5) is 0 Å². The smallest absolute Gasteiger partial charge is 0.260 e. The molecule has 0 saturated heterocycles. The van der Waals surface area contributed by atoms with E-state index in [1.54, 1.807) is 6.92 Å². The van der Waals surface area contributed by atoms with E-state index in [0.29, 0.717) is 6.54 Å². The maximum absolute atomic E-state index is 11.7. The summed E-state index contributed by atoms with van der Waals surface area (Å²) in [6, 6.07) is 5.85. The van der Waals surface area contributed by atoms with Crippen LogP contribution in [0.15, 0.2) is 18.2 Å². The van der Waals surface area contributed by atoms with Crippen LogP contribution in [0.25, 0.3) is 0 Å². The van der Waals surface area contributed by atoms with Crippen molar-refractivity contribution in [3.05, 3.63) is 29.3 Å². The molecule has 0 heterocycles. The minimum Gasteiger partial charge on any atom is -0.481 e. The molecule has 0 bridgehead atoms. The molecule has 1 aromatic rings. The second-order valence-corrected chi connectivity index (χ2v) is 4.81. The molecule has 0 aromatic heterocycles. The van der Waals surface area contributed by atoms with E-state index < -0.39 is 6.10 Å². The quantitative estimate of drug-likeness (QED) is 0.833. The van der Waals surface area contributed by atoms with Crippen molar-refractivity contribution in [2.45, 2.75) is 39.8 Å². The van der Waals surface area contributed by atoms with Gasteiger partial charge in [0, 0.05) is 12.6 Å². The first kappa shape index (κ1) is 14.5. The Balaban J connectivity index is 2.58. The van der Waals surface area contributed by atoms with Gasteiger partial charge in [-0.2, -0.15) is 0 Å². The lowest BCUT2D eigenvalue weighted by atomic mass is 10.1. The minimum atomic E-state index is -0.523. The summed E-state index contributed by atoms with van der Waals surface area (Å²) in [6.45, 7) is 8.03. The van der Waals surface area contributed by atoms with Crippen molar-refractivity contribution in [1.29, 1.82) is 0 Å². The molecule has 0 fully saturated rings. The third-order valence-electron chi connectivity index (χ3n) is 2.48. The maximum Gasteiger partial charge on any atom is 0.260 e. The monoisotopic (exact) mass is 250 g/mol. The third kappa shape index (κ3) is 4.75. The van der Waals surface area contributed by atoms with E-state index in [4.69, 9.17) is 10.5 Å². The van der Waals surface area contributed by atoms with Gasteiger partial charge in [-0.1, -0.05) is 6.07 Å². The van der Waals surface area contributed by atoms with Crippen LogP contribution in [0.2, 0.25) is 0 Å². The molecule has 0 spiro atoms. The van der Waals surface area contributed by atoms with E-state index >= 15 is 0 Å². The van der Waals surface area contributed by atoms with Crippen LogP contribution >= 0.6 is 0 Å². The molecule has 4 heteroatoms. The summed E-state index contributed by atoms with van der Waals surface area (Å²) in [5.41, 5.74) is 7.81. The van der Waals surface area contributed by atoms with Crippen molar-refractivity contribution in [2.24, 2.45) is 5.73 Å². The van der Waals surface area contributed by atoms with Crippen molar-refractivity contribution in [2.75, 3.05) is 6.54 Å². The number of aryl methyl sites for hydroxylation is 2. The number of amides is 1. The van der Waals surface area contributed by atoms with Crippen LogP contribution in [-0.2, 0) is 4.79 Å². The molecule has 0 aliphatic heterocycles. The number of carbonyl (C=O) groups excluding carboxylic acids is 1. The average molecular weight is 250 g/mol. The van der Waals surface area contributed by atoms with Crippen molar-refractivity contribution < 1.29 is 9.53 Å². The van der Waals surface area contributed by atoms with E-state index in [9.17, 15) is 4.79 Å². The van der Waals surface area contributed by atoms with E-state index in [1.807, 2.05) is 32.9 Å². The number of hydrogen-bond donors (Lipinski definition) is 2. The highest BCUT2D eigenvalue weighted by atomic mass is 16.5. The zero-order valence-corrected chi connectivity index (χ0v) is 11.5. The maximum atomic E-state index is 11.7. The van der Waals surface area contributed by atoms with Gasteiger partial charge in [-0.3, -0.25) is 4.79 Å². The van der Waals surface area contributed by atoms with Gasteiger partial charge in [0.05, 0.1) is 0 Å². The summed E-state index contributed by atoms with van der Waals surface area (Å²) < 4.78 is 5.62. The van der Waals surface area contributed by atoms with Gasteiger partial charge in [0.2, 0.25) is 0 Å². The molecule has 2 atom stereocenters. The molecule has 0 aliphatic carbocycles. The van der Waals surface area contributed by atoms with Gasteiger partial charge in [0.15, 0.2) is 6.10 Å². The topological polar surface area (TPSA) is 64.3 Å². The summed E-state index contributed by atoms with van der Waals surface area (Å²) in [4.78, 5) is 11.7. The van der Waals surface area contributed by atoms with E-state index in [0.717, 1.165) is 16.9 Å². The molecule has 0 aliphatic rings. The summed E-state index contributed by atoms with van der Waals surface area (Å²) in [7, 11) is 0. The lowest BCUT2D eigenvalue weighted by molar-refractivity contribution is -0.127. The number of rotatable bonds is 5. The van der Waals surface area contributed by atoms with Crippen molar-refractivity contribution in [3.63, 3.8) is 0 Å². The summed E-state index contributed by atoms with van der Waals surface area (Å²) in [6.07, 6.45) is -0.523. The Labute approximate surface area is 109 Å². The highest BCUT2D eigenvalue weighted by Crippen LogP contribution is 2.17. The molecule has 0 saturated carbocycles. The Bertz CT molecular complexity index is 396. The number of nitrogens with one attached hydrogen (secondary N) is 1. The molecule has 1 amide bonds. The molecular formula is C14H22N2O2. The van der Waals surface area contributed by atoms with Crippen LogP contribution < -0.4 is 15.8 Å². The van der Waals surface area contributed by atoms with E-state index in [1.165, 1.54) is 0 Å². The van der Waals surface area contributed by atoms with Crippen LogP contribution in [0, 0.1) is 13.8 Å². The summed E-state index contributed by atoms with van der Waals surface area (Å²) in [5.74, 6) is 0.572. The fraction of sp³-hybridized carbons (Fsp3) is 0.500. The van der Waals surface area contributed by atoms with Crippen LogP contribution in [-0.4, -0.2) is 24.6 Å². The Kier molecular flexibility index (Phi) is 5.16. The molecule has 3 N–H and O–H groups in total. The predicted molar refractivity (Wildman–Crippen MR) is 72.7 cm³/mol. The highest BCUT2D eigenvalue weighted by Gasteiger charge is 2.14. The van der Waals surface area contributed by atoms with Gasteiger partial charge in [0.1, 0.15) is 5.75 Å².